The van der Waals surface area contributed by atoms with Crippen LogP contribution < -0.4 is 11.1 Å². The van der Waals surface area contributed by atoms with Gasteiger partial charge in [-0.2, -0.15) is 9.40 Å². The molecule has 0 aliphatic carbocycles. The lowest BCUT2D eigenvalue weighted by Gasteiger charge is -2.46. The van der Waals surface area contributed by atoms with E-state index in [1.165, 1.54) is 20.0 Å². The monoisotopic (exact) mass is 564 g/mol. The molecule has 0 radical (unpaired) electrons. The standard InChI is InChI=1S/C24H26ClFN6O5S/c1-38(36,37)30-11-17(12-30)32(16(14-33)10-28-9-15-5-4-7-19(25)22(15)26)21(34)13-31-20-8-3-2-6-18(20)23(29-31)24(27)35/h2-8,14,16-17,28H,9-13H2,1H3,(H2,27,35). The molecule has 1 unspecified atom stereocenters. The van der Waals surface area contributed by atoms with Crippen LogP contribution in [0.1, 0.15) is 16.1 Å². The molecular formula is C24H26ClFN6O5S. The molecule has 0 bridgehead atoms. The Labute approximate surface area is 223 Å². The van der Waals surface area contributed by atoms with Gasteiger partial charge < -0.3 is 20.7 Å². The Morgan fingerprint density at radius 3 is 2.63 bits per heavy atom. The number of nitrogens with zero attached hydrogens (tertiary/aromatic N) is 4. The summed E-state index contributed by atoms with van der Waals surface area (Å²) in [6, 6.07) is 9.76. The normalized spacial score (nSPS) is 15.2. The van der Waals surface area contributed by atoms with Gasteiger partial charge in [-0.1, -0.05) is 41.9 Å². The summed E-state index contributed by atoms with van der Waals surface area (Å²) in [6.07, 6.45) is 1.65. The van der Waals surface area contributed by atoms with Crippen molar-refractivity contribution >= 4 is 50.6 Å². The summed E-state index contributed by atoms with van der Waals surface area (Å²) < 4.78 is 40.6. The first-order valence-electron chi connectivity index (χ1n) is 11.6. The molecule has 3 aromatic rings. The van der Waals surface area contributed by atoms with E-state index < -0.39 is 39.7 Å². The maximum absolute atomic E-state index is 14.3. The first-order chi connectivity index (χ1) is 18.0. The van der Waals surface area contributed by atoms with Gasteiger partial charge in [0.1, 0.15) is 24.7 Å². The number of hydrogen-bond donors (Lipinski definition) is 2. The third kappa shape index (κ3) is 5.70. The van der Waals surface area contributed by atoms with E-state index in [4.69, 9.17) is 17.3 Å². The Kier molecular flexibility index (Phi) is 8.11. The second-order valence-corrected chi connectivity index (χ2v) is 11.4. The van der Waals surface area contributed by atoms with Gasteiger partial charge in [-0.15, -0.1) is 0 Å². The van der Waals surface area contributed by atoms with Gasteiger partial charge in [0.05, 0.1) is 22.8 Å². The van der Waals surface area contributed by atoms with E-state index in [-0.39, 0.29) is 49.0 Å². The molecule has 1 aromatic heterocycles. The van der Waals surface area contributed by atoms with Crippen LogP contribution in [0, 0.1) is 5.82 Å². The molecule has 1 fully saturated rings. The molecule has 14 heteroatoms. The number of hydrogen-bond acceptors (Lipinski definition) is 7. The number of carbonyl (C=O) groups excluding carboxylic acids is 3. The highest BCUT2D eigenvalue weighted by atomic mass is 35.5. The van der Waals surface area contributed by atoms with Crippen LogP contribution in [0.5, 0.6) is 0 Å². The first kappa shape index (κ1) is 27.6. The average molecular weight is 565 g/mol. The van der Waals surface area contributed by atoms with E-state index in [1.807, 2.05) is 0 Å². The highest BCUT2D eigenvalue weighted by molar-refractivity contribution is 7.88. The topological polar surface area (TPSA) is 148 Å². The van der Waals surface area contributed by atoms with Crippen LogP contribution >= 0.6 is 11.6 Å². The molecule has 0 spiro atoms. The number of rotatable bonds is 11. The van der Waals surface area contributed by atoms with Crippen molar-refractivity contribution in [1.29, 1.82) is 0 Å². The number of para-hydroxylation sites is 1. The molecule has 4 rings (SSSR count). The van der Waals surface area contributed by atoms with Gasteiger partial charge in [-0.25, -0.2) is 12.8 Å². The number of benzene rings is 2. The zero-order valence-corrected chi connectivity index (χ0v) is 22.0. The van der Waals surface area contributed by atoms with E-state index >= 15 is 0 Å². The number of primary amides is 1. The molecule has 11 nitrogen and oxygen atoms in total. The average Bonchev–Trinajstić information content (AvgIpc) is 3.19. The smallest absolute Gasteiger partial charge is 0.269 e. The molecule has 0 saturated carbocycles. The Balaban J connectivity index is 1.57. The third-order valence-corrected chi connectivity index (χ3v) is 7.90. The van der Waals surface area contributed by atoms with E-state index in [1.54, 1.807) is 36.4 Å². The summed E-state index contributed by atoms with van der Waals surface area (Å²) in [6.45, 7) is -0.265. The van der Waals surface area contributed by atoms with E-state index in [0.717, 1.165) is 6.26 Å². The second-order valence-electron chi connectivity index (χ2n) is 8.97. The van der Waals surface area contributed by atoms with Crippen LogP contribution in [-0.4, -0.2) is 83.5 Å². The molecule has 2 heterocycles. The van der Waals surface area contributed by atoms with Crippen LogP contribution in [0.15, 0.2) is 42.5 Å². The lowest BCUT2D eigenvalue weighted by molar-refractivity contribution is -0.142. The van der Waals surface area contributed by atoms with Crippen molar-refractivity contribution in [3.63, 3.8) is 0 Å². The van der Waals surface area contributed by atoms with Gasteiger partial charge in [-0.05, 0) is 12.1 Å². The molecule has 1 saturated heterocycles. The zero-order valence-electron chi connectivity index (χ0n) is 20.4. The van der Waals surface area contributed by atoms with Crippen LogP contribution in [0.3, 0.4) is 0 Å². The Hall–Kier alpha value is -3.39. The van der Waals surface area contributed by atoms with Crippen LogP contribution in [0.25, 0.3) is 10.9 Å². The third-order valence-electron chi connectivity index (χ3n) is 6.37. The number of sulfonamides is 1. The lowest BCUT2D eigenvalue weighted by atomic mass is 10.1. The van der Waals surface area contributed by atoms with Gasteiger partial charge in [-0.3, -0.25) is 14.3 Å². The fourth-order valence-corrected chi connectivity index (χ4v) is 5.49. The van der Waals surface area contributed by atoms with Crippen LogP contribution in [0.4, 0.5) is 4.39 Å². The van der Waals surface area contributed by atoms with Crippen molar-refractivity contribution in [2.75, 3.05) is 25.9 Å². The van der Waals surface area contributed by atoms with Crippen LogP contribution in [-0.2, 0) is 32.7 Å². The minimum Gasteiger partial charge on any atom is -0.364 e. The molecule has 1 aliphatic rings. The minimum atomic E-state index is -3.48. The van der Waals surface area contributed by atoms with Crippen LogP contribution in [0.2, 0.25) is 5.02 Å². The maximum Gasteiger partial charge on any atom is 0.269 e. The van der Waals surface area contributed by atoms with E-state index in [2.05, 4.69) is 10.4 Å². The maximum atomic E-state index is 14.3. The zero-order chi connectivity index (χ0) is 27.6. The Bertz CT molecular complexity index is 1490. The number of nitrogens with one attached hydrogen (secondary N) is 1. The summed E-state index contributed by atoms with van der Waals surface area (Å²) in [5.41, 5.74) is 6.24. The fourth-order valence-electron chi connectivity index (χ4n) is 4.41. The second kappa shape index (κ2) is 11.2. The quantitative estimate of drug-likeness (QED) is 0.327. The van der Waals surface area contributed by atoms with Gasteiger partial charge in [0.2, 0.25) is 15.9 Å². The summed E-state index contributed by atoms with van der Waals surface area (Å²) >= 11 is 5.83. The van der Waals surface area contributed by atoms with Crippen molar-refractivity contribution in [3.05, 3.63) is 64.6 Å². The summed E-state index contributed by atoms with van der Waals surface area (Å²) in [7, 11) is -3.48. The van der Waals surface area contributed by atoms with Gasteiger partial charge in [0, 0.05) is 37.1 Å². The van der Waals surface area contributed by atoms with Gasteiger partial charge in [0.15, 0.2) is 5.69 Å². The summed E-state index contributed by atoms with van der Waals surface area (Å²) in [5, 5.41) is 7.62. The van der Waals surface area contributed by atoms with Gasteiger partial charge in [0.25, 0.3) is 5.91 Å². The number of fused-ring (bicyclic) bond motifs is 1. The van der Waals surface area contributed by atoms with Gasteiger partial charge >= 0.3 is 0 Å². The molecule has 38 heavy (non-hydrogen) atoms. The molecule has 2 aromatic carbocycles. The number of aldehydes is 1. The van der Waals surface area contributed by atoms with Crippen molar-refractivity contribution < 1.29 is 27.2 Å². The predicted octanol–water partition coefficient (Wildman–Crippen LogP) is 0.757. The Morgan fingerprint density at radius 2 is 1.97 bits per heavy atom. The number of aromatic nitrogens is 2. The molecule has 202 valence electrons. The molecule has 1 aliphatic heterocycles. The van der Waals surface area contributed by atoms with Crippen molar-refractivity contribution in [1.82, 2.24) is 24.3 Å². The number of nitrogens with two attached hydrogens (primary N) is 1. The highest BCUT2D eigenvalue weighted by Gasteiger charge is 2.42. The lowest BCUT2D eigenvalue weighted by Crippen LogP contribution is -2.66. The van der Waals surface area contributed by atoms with E-state index in [0.29, 0.717) is 17.2 Å². The fraction of sp³-hybridized carbons (Fsp3) is 0.333. The molecule has 2 amide bonds. The summed E-state index contributed by atoms with van der Waals surface area (Å²) in [4.78, 5) is 38.9. The largest absolute Gasteiger partial charge is 0.364 e. The SMILES string of the molecule is CS(=O)(=O)N1CC(N(C(=O)Cn2nc(C(N)=O)c3ccccc32)C(C=O)CNCc2cccc(Cl)c2F)C1. The van der Waals surface area contributed by atoms with Crippen molar-refractivity contribution in [2.24, 2.45) is 5.73 Å². The van der Waals surface area contributed by atoms with E-state index in [9.17, 15) is 27.2 Å². The minimum absolute atomic E-state index is 0.00370. The highest BCUT2D eigenvalue weighted by Crippen LogP contribution is 2.23. The summed E-state index contributed by atoms with van der Waals surface area (Å²) in [5.74, 6) is -1.86. The van der Waals surface area contributed by atoms with Crippen molar-refractivity contribution in [3.8, 4) is 0 Å². The Morgan fingerprint density at radius 1 is 1.26 bits per heavy atom. The predicted molar refractivity (Wildman–Crippen MR) is 138 cm³/mol. The number of carbonyl (C=O) groups is 3. The first-order valence-corrected chi connectivity index (χ1v) is 13.8. The number of halogens is 2. The number of amides is 2. The molecular weight excluding hydrogens is 539 g/mol. The molecule has 3 N–H and O–H groups in total. The molecule has 1 atom stereocenters. The van der Waals surface area contributed by atoms with Crippen molar-refractivity contribution in [2.45, 2.75) is 25.2 Å².